The van der Waals surface area contributed by atoms with Crippen LogP contribution in [0.15, 0.2) is 36.5 Å². The van der Waals surface area contributed by atoms with Gasteiger partial charge in [-0.25, -0.2) is 19.0 Å². The van der Waals surface area contributed by atoms with Gasteiger partial charge in [0.1, 0.15) is 11.6 Å². The van der Waals surface area contributed by atoms with Crippen LogP contribution in [0.4, 0.5) is 25.5 Å². The van der Waals surface area contributed by atoms with Gasteiger partial charge >= 0.3 is 12.1 Å². The van der Waals surface area contributed by atoms with Crippen molar-refractivity contribution in [2.75, 3.05) is 29.4 Å². The fourth-order valence-electron chi connectivity index (χ4n) is 3.12. The highest BCUT2D eigenvalue weighted by Gasteiger charge is 2.36. The minimum absolute atomic E-state index is 0.0683. The van der Waals surface area contributed by atoms with Crippen molar-refractivity contribution in [3.63, 3.8) is 0 Å². The summed E-state index contributed by atoms with van der Waals surface area (Å²) in [7, 11) is 0. The van der Waals surface area contributed by atoms with E-state index in [4.69, 9.17) is 10.5 Å². The summed E-state index contributed by atoms with van der Waals surface area (Å²) in [6.07, 6.45) is -0.340. The Bertz CT molecular complexity index is 965. The Morgan fingerprint density at radius 1 is 1.25 bits per heavy atom. The van der Waals surface area contributed by atoms with Crippen molar-refractivity contribution in [1.29, 1.82) is 0 Å². The summed E-state index contributed by atoms with van der Waals surface area (Å²) >= 11 is 0. The zero-order chi connectivity index (χ0) is 19.8. The molecule has 9 nitrogen and oxygen atoms in total. The molecule has 3 N–H and O–H groups in total. The number of aromatic nitrogens is 1. The van der Waals surface area contributed by atoms with Gasteiger partial charge in [-0.15, -0.1) is 0 Å². The quantitative estimate of drug-likeness (QED) is 0.821. The van der Waals surface area contributed by atoms with Crippen LogP contribution in [0.2, 0.25) is 0 Å². The van der Waals surface area contributed by atoms with Gasteiger partial charge in [-0.3, -0.25) is 14.6 Å². The highest BCUT2D eigenvalue weighted by atomic mass is 19.1. The van der Waals surface area contributed by atoms with Crippen molar-refractivity contribution in [3.05, 3.63) is 42.3 Å². The van der Waals surface area contributed by atoms with E-state index in [1.54, 1.807) is 18.2 Å². The summed E-state index contributed by atoms with van der Waals surface area (Å²) in [5.41, 5.74) is 6.21. The normalized spacial score (nSPS) is 19.0. The van der Waals surface area contributed by atoms with Gasteiger partial charge in [0.05, 0.1) is 12.2 Å². The van der Waals surface area contributed by atoms with E-state index in [2.05, 4.69) is 10.3 Å². The van der Waals surface area contributed by atoms with Crippen molar-refractivity contribution in [3.8, 4) is 11.1 Å². The second-order valence-electron chi connectivity index (χ2n) is 6.34. The van der Waals surface area contributed by atoms with Crippen molar-refractivity contribution in [1.82, 2.24) is 10.3 Å². The molecule has 4 rings (SSSR count). The summed E-state index contributed by atoms with van der Waals surface area (Å²) in [6, 6.07) is 7.33. The summed E-state index contributed by atoms with van der Waals surface area (Å²) in [6.45, 7) is 1.00. The lowest BCUT2D eigenvalue weighted by atomic mass is 10.1. The average Bonchev–Trinajstić information content (AvgIpc) is 3.28. The molecule has 4 amide bonds. The number of primary amides is 1. The Balaban J connectivity index is 1.56. The molecule has 3 heterocycles. The maximum absolute atomic E-state index is 14.7. The third-order valence-electron chi connectivity index (χ3n) is 4.59. The Morgan fingerprint density at radius 3 is 2.64 bits per heavy atom. The number of carbonyl (C=O) groups is 3. The molecular formula is C18H16FN5O4. The highest BCUT2D eigenvalue weighted by molar-refractivity contribution is 5.95. The second kappa shape index (κ2) is 6.80. The minimum Gasteiger partial charge on any atom is -0.434 e. The average molecular weight is 385 g/mol. The van der Waals surface area contributed by atoms with E-state index in [9.17, 15) is 18.8 Å². The molecule has 0 bridgehead atoms. The SMILES string of the molecule is NC(=O)[C@H]1CN(c2ccc(-c3ccc(N4CCNC4=O)nc3)c(F)c2)C(=O)O1. The molecule has 1 atom stereocenters. The Morgan fingerprint density at radius 2 is 2.07 bits per heavy atom. The number of halogens is 1. The largest absolute Gasteiger partial charge is 0.434 e. The fourth-order valence-corrected chi connectivity index (χ4v) is 3.12. The lowest BCUT2D eigenvalue weighted by molar-refractivity contribution is -0.124. The second-order valence-corrected chi connectivity index (χ2v) is 6.34. The predicted molar refractivity (Wildman–Crippen MR) is 97.2 cm³/mol. The molecule has 0 aliphatic carbocycles. The van der Waals surface area contributed by atoms with E-state index in [0.717, 1.165) is 4.90 Å². The van der Waals surface area contributed by atoms with Crippen LogP contribution in [0.3, 0.4) is 0 Å². The maximum atomic E-state index is 14.7. The molecule has 2 saturated heterocycles. The van der Waals surface area contributed by atoms with Crippen molar-refractivity contribution >= 4 is 29.5 Å². The number of nitrogens with one attached hydrogen (secondary N) is 1. The number of cyclic esters (lactones) is 1. The number of ether oxygens (including phenoxy) is 1. The first-order chi connectivity index (χ1) is 13.4. The van der Waals surface area contributed by atoms with Gasteiger partial charge in [0.2, 0.25) is 0 Å². The first-order valence-electron chi connectivity index (χ1n) is 8.53. The molecule has 28 heavy (non-hydrogen) atoms. The number of rotatable bonds is 4. The number of pyridine rings is 1. The third kappa shape index (κ3) is 3.08. The number of nitrogens with zero attached hydrogens (tertiary/aromatic N) is 3. The topological polar surface area (TPSA) is 118 Å². The number of hydrogen-bond acceptors (Lipinski definition) is 5. The van der Waals surface area contributed by atoms with E-state index in [-0.39, 0.29) is 23.8 Å². The molecule has 2 aliphatic rings. The summed E-state index contributed by atoms with van der Waals surface area (Å²) in [4.78, 5) is 41.6. The lowest BCUT2D eigenvalue weighted by Crippen LogP contribution is -2.32. The van der Waals surface area contributed by atoms with Crippen molar-refractivity contribution in [2.45, 2.75) is 6.10 Å². The van der Waals surface area contributed by atoms with Crippen LogP contribution in [-0.2, 0) is 9.53 Å². The fraction of sp³-hybridized carbons (Fsp3) is 0.222. The smallest absolute Gasteiger partial charge is 0.415 e. The maximum Gasteiger partial charge on any atom is 0.415 e. The van der Waals surface area contributed by atoms with Gasteiger partial charge in [-0.1, -0.05) is 0 Å². The Kier molecular flexibility index (Phi) is 4.30. The predicted octanol–water partition coefficient (Wildman–Crippen LogP) is 1.23. The van der Waals surface area contributed by atoms with Gasteiger partial charge in [-0.05, 0) is 30.3 Å². The van der Waals surface area contributed by atoms with Crippen LogP contribution in [0.5, 0.6) is 0 Å². The number of urea groups is 1. The van der Waals surface area contributed by atoms with Gasteiger partial charge in [0.25, 0.3) is 5.91 Å². The number of carbonyl (C=O) groups excluding carboxylic acids is 3. The van der Waals surface area contributed by atoms with Gasteiger partial charge in [0, 0.05) is 30.4 Å². The monoisotopic (exact) mass is 385 g/mol. The zero-order valence-corrected chi connectivity index (χ0v) is 14.6. The molecule has 0 radical (unpaired) electrons. The van der Waals surface area contributed by atoms with E-state index < -0.39 is 23.9 Å². The summed E-state index contributed by atoms with van der Waals surface area (Å²) < 4.78 is 19.5. The Labute approximate surface area is 158 Å². The first kappa shape index (κ1) is 17.7. The minimum atomic E-state index is -1.06. The van der Waals surface area contributed by atoms with E-state index >= 15 is 0 Å². The van der Waals surface area contributed by atoms with Gasteiger partial charge < -0.3 is 15.8 Å². The molecule has 10 heteroatoms. The van der Waals surface area contributed by atoms with Crippen LogP contribution >= 0.6 is 0 Å². The molecule has 2 fully saturated rings. The molecule has 1 aromatic carbocycles. The molecule has 0 spiro atoms. The summed E-state index contributed by atoms with van der Waals surface area (Å²) in [5, 5.41) is 2.69. The lowest BCUT2D eigenvalue weighted by Gasteiger charge is -2.15. The molecule has 2 aromatic rings. The standard InChI is InChI=1S/C18H16FN5O4/c19-13-7-11(24-9-14(16(20)25)28-18(24)27)2-3-12(13)10-1-4-15(22-8-10)23-6-5-21-17(23)26/h1-4,7-8,14H,5-6,9H2,(H2,20,25)(H,21,26)/t14-/m1/s1. The molecule has 2 aliphatic heterocycles. The third-order valence-corrected chi connectivity index (χ3v) is 4.59. The van der Waals surface area contributed by atoms with Crippen molar-refractivity contribution in [2.24, 2.45) is 5.73 Å². The van der Waals surface area contributed by atoms with Crippen LogP contribution in [-0.4, -0.2) is 48.8 Å². The number of amides is 4. The number of hydrogen-bond donors (Lipinski definition) is 2. The zero-order valence-electron chi connectivity index (χ0n) is 14.6. The van der Waals surface area contributed by atoms with Gasteiger partial charge in [0.15, 0.2) is 6.10 Å². The molecular weight excluding hydrogens is 369 g/mol. The van der Waals surface area contributed by atoms with E-state index in [1.807, 2.05) is 0 Å². The van der Waals surface area contributed by atoms with Crippen LogP contribution in [0.25, 0.3) is 11.1 Å². The highest BCUT2D eigenvalue weighted by Crippen LogP contribution is 2.29. The van der Waals surface area contributed by atoms with Crippen LogP contribution < -0.4 is 20.9 Å². The van der Waals surface area contributed by atoms with Gasteiger partial charge in [-0.2, -0.15) is 0 Å². The number of nitrogens with two attached hydrogens (primary N) is 1. The Hall–Kier alpha value is -3.69. The first-order valence-corrected chi connectivity index (χ1v) is 8.53. The molecule has 1 aromatic heterocycles. The van der Waals surface area contributed by atoms with E-state index in [0.29, 0.717) is 24.5 Å². The number of benzene rings is 1. The summed E-state index contributed by atoms with van der Waals surface area (Å²) in [5.74, 6) is -0.847. The van der Waals surface area contributed by atoms with Crippen LogP contribution in [0.1, 0.15) is 0 Å². The number of anilines is 2. The molecule has 0 saturated carbocycles. The van der Waals surface area contributed by atoms with E-state index in [1.165, 1.54) is 23.2 Å². The van der Waals surface area contributed by atoms with Crippen molar-refractivity contribution < 1.29 is 23.5 Å². The van der Waals surface area contributed by atoms with Crippen LogP contribution in [0, 0.1) is 5.82 Å². The molecule has 144 valence electrons. The molecule has 0 unspecified atom stereocenters.